The van der Waals surface area contributed by atoms with Gasteiger partial charge in [0.25, 0.3) is 0 Å². The molecule has 3 fully saturated rings. The van der Waals surface area contributed by atoms with Gasteiger partial charge in [-0.15, -0.1) is 0 Å². The zero-order valence-corrected chi connectivity index (χ0v) is 17.1. The smallest absolute Gasteiger partial charge is 0.226 e. The van der Waals surface area contributed by atoms with Crippen molar-refractivity contribution in [3.05, 3.63) is 29.8 Å². The monoisotopic (exact) mass is 384 g/mol. The Hall–Kier alpha value is -2.04. The van der Waals surface area contributed by atoms with Gasteiger partial charge in [-0.1, -0.05) is 31.4 Å². The number of fused-ring (bicyclic) bond motifs is 1. The number of benzene rings is 1. The lowest BCUT2D eigenvalue weighted by molar-refractivity contribution is -0.140. The first-order valence-corrected chi connectivity index (χ1v) is 10.8. The molecule has 1 aliphatic carbocycles. The maximum absolute atomic E-state index is 13.6. The molecule has 1 aromatic rings. The van der Waals surface area contributed by atoms with Crippen molar-refractivity contribution in [2.45, 2.75) is 82.3 Å². The summed E-state index contributed by atoms with van der Waals surface area (Å²) in [6, 6.07) is 8.11. The van der Waals surface area contributed by atoms with Crippen LogP contribution in [-0.4, -0.2) is 35.4 Å². The first kappa shape index (κ1) is 19.3. The van der Waals surface area contributed by atoms with Crippen LogP contribution in [0.3, 0.4) is 0 Å². The largest absolute Gasteiger partial charge is 0.497 e. The maximum Gasteiger partial charge on any atom is 0.226 e. The summed E-state index contributed by atoms with van der Waals surface area (Å²) < 4.78 is 5.44. The minimum absolute atomic E-state index is 0.0170. The molecule has 5 nitrogen and oxygen atoms in total. The van der Waals surface area contributed by atoms with Crippen molar-refractivity contribution in [2.75, 3.05) is 7.11 Å². The number of methoxy groups -OCH3 is 1. The molecule has 28 heavy (non-hydrogen) atoms. The molecule has 0 unspecified atom stereocenters. The average molecular weight is 385 g/mol. The van der Waals surface area contributed by atoms with E-state index in [1.165, 1.54) is 0 Å². The molecule has 4 rings (SSSR count). The van der Waals surface area contributed by atoms with Gasteiger partial charge in [-0.25, -0.2) is 0 Å². The molecule has 2 saturated heterocycles. The van der Waals surface area contributed by atoms with Gasteiger partial charge in [0.15, 0.2) is 0 Å². The third kappa shape index (κ3) is 3.51. The summed E-state index contributed by atoms with van der Waals surface area (Å²) in [5.74, 6) is 1.35. The minimum Gasteiger partial charge on any atom is -0.497 e. The lowest BCUT2D eigenvalue weighted by Gasteiger charge is -2.39. The summed E-state index contributed by atoms with van der Waals surface area (Å²) in [4.78, 5) is 28.2. The van der Waals surface area contributed by atoms with Crippen LogP contribution in [0, 0.1) is 5.92 Å². The van der Waals surface area contributed by atoms with E-state index >= 15 is 0 Å². The second-order valence-electron chi connectivity index (χ2n) is 8.95. The van der Waals surface area contributed by atoms with Crippen molar-refractivity contribution in [1.82, 2.24) is 10.2 Å². The standard InChI is InChI=1S/C23H32N2O3/c1-23-15-19(17-10-7-11-18(14-17)28-2)25(22(27)16-8-3-4-9-16)20(23)12-5-6-13-21(26)24-23/h7,10-11,14,16,19-20H,3-6,8-9,12-13,15H2,1-2H3,(H,24,26)/t19-,20-,23-/m0/s1. The van der Waals surface area contributed by atoms with Gasteiger partial charge in [0.05, 0.1) is 24.7 Å². The van der Waals surface area contributed by atoms with E-state index in [1.807, 2.05) is 18.2 Å². The van der Waals surface area contributed by atoms with Gasteiger partial charge < -0.3 is 15.0 Å². The highest BCUT2D eigenvalue weighted by Crippen LogP contribution is 2.47. The predicted molar refractivity (Wildman–Crippen MR) is 108 cm³/mol. The highest BCUT2D eigenvalue weighted by Gasteiger charge is 2.53. The number of hydrogen-bond acceptors (Lipinski definition) is 3. The van der Waals surface area contributed by atoms with Gasteiger partial charge in [0, 0.05) is 12.3 Å². The van der Waals surface area contributed by atoms with E-state index < -0.39 is 0 Å². The number of rotatable bonds is 3. The SMILES string of the molecule is COc1cccc([C@@H]2C[C@]3(C)NC(=O)CCCC[C@@H]3N2C(=O)C2CCCC2)c1. The van der Waals surface area contributed by atoms with Gasteiger partial charge in [-0.05, 0) is 56.7 Å². The van der Waals surface area contributed by atoms with Crippen molar-refractivity contribution < 1.29 is 14.3 Å². The molecule has 2 aliphatic heterocycles. The van der Waals surface area contributed by atoms with Crippen LogP contribution in [0.2, 0.25) is 0 Å². The molecule has 0 radical (unpaired) electrons. The third-order valence-electron chi connectivity index (χ3n) is 7.02. The Kier molecular flexibility index (Phi) is 5.35. The number of carbonyl (C=O) groups excluding carboxylic acids is 2. The van der Waals surface area contributed by atoms with E-state index in [9.17, 15) is 9.59 Å². The third-order valence-corrected chi connectivity index (χ3v) is 7.02. The van der Waals surface area contributed by atoms with Crippen LogP contribution in [0.15, 0.2) is 24.3 Å². The van der Waals surface area contributed by atoms with Crippen LogP contribution in [0.1, 0.15) is 76.3 Å². The van der Waals surface area contributed by atoms with Crippen LogP contribution >= 0.6 is 0 Å². The van der Waals surface area contributed by atoms with Crippen molar-refractivity contribution in [3.8, 4) is 5.75 Å². The Balaban J connectivity index is 1.73. The van der Waals surface area contributed by atoms with Crippen LogP contribution in [-0.2, 0) is 9.59 Å². The number of amides is 2. The molecular weight excluding hydrogens is 352 g/mol. The summed E-state index contributed by atoms with van der Waals surface area (Å²) in [5.41, 5.74) is 0.729. The second-order valence-corrected chi connectivity index (χ2v) is 8.95. The molecule has 0 aromatic heterocycles. The van der Waals surface area contributed by atoms with E-state index in [4.69, 9.17) is 4.74 Å². The van der Waals surface area contributed by atoms with Crippen molar-refractivity contribution in [1.29, 1.82) is 0 Å². The quantitative estimate of drug-likeness (QED) is 0.858. The fourth-order valence-corrected chi connectivity index (χ4v) is 5.57. The molecule has 2 amide bonds. The second kappa shape index (κ2) is 7.76. The maximum atomic E-state index is 13.6. The van der Waals surface area contributed by atoms with Gasteiger partial charge in [0.1, 0.15) is 5.75 Å². The Morgan fingerprint density at radius 1 is 1.18 bits per heavy atom. The summed E-state index contributed by atoms with van der Waals surface area (Å²) in [5, 5.41) is 3.30. The Bertz CT molecular complexity index is 743. The summed E-state index contributed by atoms with van der Waals surface area (Å²) in [7, 11) is 1.67. The Labute approximate surface area is 167 Å². The molecule has 2 heterocycles. The highest BCUT2D eigenvalue weighted by atomic mass is 16.5. The molecule has 1 aromatic carbocycles. The first-order chi connectivity index (χ1) is 13.5. The summed E-state index contributed by atoms with van der Waals surface area (Å²) in [6.45, 7) is 2.13. The number of nitrogens with zero attached hydrogens (tertiary/aromatic N) is 1. The van der Waals surface area contributed by atoms with Crippen molar-refractivity contribution in [2.24, 2.45) is 5.92 Å². The lowest BCUT2D eigenvalue weighted by Crippen LogP contribution is -2.56. The number of hydrogen-bond donors (Lipinski definition) is 1. The van der Waals surface area contributed by atoms with E-state index in [0.29, 0.717) is 6.42 Å². The summed E-state index contributed by atoms with van der Waals surface area (Å²) >= 11 is 0. The Morgan fingerprint density at radius 2 is 1.93 bits per heavy atom. The number of carbonyl (C=O) groups is 2. The van der Waals surface area contributed by atoms with Crippen molar-refractivity contribution >= 4 is 11.8 Å². The zero-order chi connectivity index (χ0) is 19.7. The number of ether oxygens (including phenoxy) is 1. The molecule has 1 saturated carbocycles. The van der Waals surface area contributed by atoms with Gasteiger partial charge in [-0.3, -0.25) is 9.59 Å². The number of likely N-dealkylation sites (tertiary alicyclic amines) is 1. The predicted octanol–water partition coefficient (Wildman–Crippen LogP) is 3.98. The molecule has 0 bridgehead atoms. The van der Waals surface area contributed by atoms with E-state index in [0.717, 1.165) is 62.7 Å². The zero-order valence-electron chi connectivity index (χ0n) is 17.1. The van der Waals surface area contributed by atoms with Gasteiger partial charge >= 0.3 is 0 Å². The van der Waals surface area contributed by atoms with E-state index in [2.05, 4.69) is 23.2 Å². The fourth-order valence-electron chi connectivity index (χ4n) is 5.57. The molecular formula is C23H32N2O3. The van der Waals surface area contributed by atoms with Crippen LogP contribution in [0.4, 0.5) is 0 Å². The molecule has 3 aliphatic rings. The topological polar surface area (TPSA) is 58.6 Å². The van der Waals surface area contributed by atoms with Gasteiger partial charge in [-0.2, -0.15) is 0 Å². The molecule has 152 valence electrons. The molecule has 1 N–H and O–H groups in total. The summed E-state index contributed by atoms with van der Waals surface area (Å²) in [6.07, 6.45) is 8.47. The Morgan fingerprint density at radius 3 is 2.68 bits per heavy atom. The minimum atomic E-state index is -0.375. The first-order valence-electron chi connectivity index (χ1n) is 10.8. The molecule has 3 atom stereocenters. The average Bonchev–Trinajstić information content (AvgIpc) is 3.30. The van der Waals surface area contributed by atoms with Gasteiger partial charge in [0.2, 0.25) is 11.8 Å². The van der Waals surface area contributed by atoms with Crippen LogP contribution < -0.4 is 10.1 Å². The molecule has 5 heteroatoms. The van der Waals surface area contributed by atoms with E-state index in [-0.39, 0.29) is 35.4 Å². The fraction of sp³-hybridized carbons (Fsp3) is 0.652. The highest BCUT2D eigenvalue weighted by molar-refractivity contribution is 5.82. The van der Waals surface area contributed by atoms with Crippen LogP contribution in [0.25, 0.3) is 0 Å². The van der Waals surface area contributed by atoms with Crippen molar-refractivity contribution in [3.63, 3.8) is 0 Å². The van der Waals surface area contributed by atoms with Crippen LogP contribution in [0.5, 0.6) is 5.75 Å². The number of nitrogens with one attached hydrogen (secondary N) is 1. The normalized spacial score (nSPS) is 31.1. The molecule has 0 spiro atoms. The van der Waals surface area contributed by atoms with E-state index in [1.54, 1.807) is 7.11 Å². The lowest BCUT2D eigenvalue weighted by atomic mass is 9.85.